The molecule has 2 aromatic rings. The summed E-state index contributed by atoms with van der Waals surface area (Å²) in [6.07, 6.45) is 0. The smallest absolute Gasteiger partial charge is 0.465 e. The Bertz CT molecular complexity index is 1200. The van der Waals surface area contributed by atoms with Gasteiger partial charge in [-0.15, -0.1) is 0 Å². The van der Waals surface area contributed by atoms with E-state index in [2.05, 4.69) is 13.1 Å². The Hall–Kier alpha value is -2.75. The second kappa shape index (κ2) is 9.40. The summed E-state index contributed by atoms with van der Waals surface area (Å²) in [7, 11) is -11.4. The summed E-state index contributed by atoms with van der Waals surface area (Å²) in [4.78, 5) is 11.8. The number of benzene rings is 2. The van der Waals surface area contributed by atoms with Gasteiger partial charge in [-0.2, -0.15) is 43.2 Å². The van der Waals surface area contributed by atoms with Crippen LogP contribution in [-0.4, -0.2) is 40.9 Å². The Labute approximate surface area is 177 Å². The fourth-order valence-corrected chi connectivity index (χ4v) is 2.90. The van der Waals surface area contributed by atoms with Crippen LogP contribution in [0.1, 0.15) is 24.2 Å². The zero-order valence-electron chi connectivity index (χ0n) is 16.2. The lowest BCUT2D eigenvalue weighted by molar-refractivity contribution is -0.0505. The maximum Gasteiger partial charge on any atom is 0.534 e. The third-order valence-electron chi connectivity index (χ3n) is 3.29. The first-order valence-electron chi connectivity index (χ1n) is 8.16. The maximum atomic E-state index is 12.6. The van der Waals surface area contributed by atoms with Gasteiger partial charge in [-0.3, -0.25) is 0 Å². The average Bonchev–Trinajstić information content (AvgIpc) is 2.66. The molecule has 0 bridgehead atoms. The zero-order chi connectivity index (χ0) is 25.1. The van der Waals surface area contributed by atoms with Gasteiger partial charge in [0.1, 0.15) is 11.3 Å². The SMILES string of the molecule is CC.COC(=O)c1cc2cc(OS(=O)(=O)C(F)(F)F)ccc2cc1OS(=O)(=O)C(F)(F)F. The minimum absolute atomic E-state index is 0.133. The summed E-state index contributed by atoms with van der Waals surface area (Å²) in [5, 5.41) is -0.339. The van der Waals surface area contributed by atoms with E-state index in [-0.39, 0.29) is 10.8 Å². The molecule has 0 aliphatic heterocycles. The fraction of sp³-hybridized carbons (Fsp3) is 0.312. The number of carbonyl (C=O) groups is 1. The molecule has 180 valence electrons. The molecule has 0 saturated carbocycles. The molecule has 2 rings (SSSR count). The average molecular weight is 512 g/mol. The van der Waals surface area contributed by atoms with Crippen LogP contribution in [0.3, 0.4) is 0 Å². The van der Waals surface area contributed by atoms with E-state index in [1.165, 1.54) is 0 Å². The highest BCUT2D eigenvalue weighted by molar-refractivity contribution is 7.88. The van der Waals surface area contributed by atoms with Crippen LogP contribution in [0.4, 0.5) is 26.3 Å². The molecule has 2 aromatic carbocycles. The first-order valence-corrected chi connectivity index (χ1v) is 11.0. The van der Waals surface area contributed by atoms with Crippen molar-refractivity contribution in [2.24, 2.45) is 0 Å². The molecule has 32 heavy (non-hydrogen) atoms. The maximum absolute atomic E-state index is 12.6. The highest BCUT2D eigenvalue weighted by Crippen LogP contribution is 2.34. The number of ether oxygens (including phenoxy) is 1. The number of hydrogen-bond donors (Lipinski definition) is 0. The lowest BCUT2D eigenvalue weighted by atomic mass is 10.1. The van der Waals surface area contributed by atoms with Crippen LogP contribution in [0.5, 0.6) is 11.5 Å². The third kappa shape index (κ3) is 5.93. The summed E-state index contributed by atoms with van der Waals surface area (Å²) in [5.41, 5.74) is -12.4. The van der Waals surface area contributed by atoms with Crippen LogP contribution in [0.2, 0.25) is 0 Å². The quantitative estimate of drug-likeness (QED) is 0.255. The monoisotopic (exact) mass is 512 g/mol. The summed E-state index contributed by atoms with van der Waals surface area (Å²) in [5.74, 6) is -3.27. The number of methoxy groups -OCH3 is 1. The van der Waals surface area contributed by atoms with E-state index < -0.39 is 54.3 Å². The molecule has 0 saturated heterocycles. The molecule has 16 heteroatoms. The molecule has 8 nitrogen and oxygen atoms in total. The van der Waals surface area contributed by atoms with Crippen molar-refractivity contribution < 1.29 is 61.1 Å². The van der Waals surface area contributed by atoms with Crippen molar-refractivity contribution in [3.05, 3.63) is 35.9 Å². The number of carbonyl (C=O) groups excluding carboxylic acids is 1. The fourth-order valence-electron chi connectivity index (χ4n) is 1.98. The standard InChI is InChI=1S/C14H8F6O8S2.C2H6/c1-26-12(21)10-5-8-4-9(27-29(22,23)13(15,16)17)3-2-7(8)6-11(10)28-30(24,25)14(18,19)20;1-2/h2-6H,1H3;1-2H3. The summed E-state index contributed by atoms with van der Waals surface area (Å²) in [6, 6.07) is 3.70. The normalized spacial score (nSPS) is 12.5. The largest absolute Gasteiger partial charge is 0.534 e. The van der Waals surface area contributed by atoms with Crippen LogP contribution in [0, 0.1) is 0 Å². The Balaban J connectivity index is 0.00000249. The van der Waals surface area contributed by atoms with Crippen molar-refractivity contribution in [2.45, 2.75) is 24.9 Å². The molecule has 0 fully saturated rings. The van der Waals surface area contributed by atoms with Gasteiger partial charge in [0.15, 0.2) is 5.75 Å². The Morgan fingerprint density at radius 1 is 0.781 bits per heavy atom. The summed E-state index contributed by atoms with van der Waals surface area (Å²) in [6.45, 7) is 4.00. The molecule has 0 unspecified atom stereocenters. The van der Waals surface area contributed by atoms with Crippen molar-refractivity contribution in [1.29, 1.82) is 0 Å². The van der Waals surface area contributed by atoms with Crippen LogP contribution in [0.25, 0.3) is 10.8 Å². The number of hydrogen-bond acceptors (Lipinski definition) is 8. The minimum atomic E-state index is -6.17. The number of halogens is 6. The van der Waals surface area contributed by atoms with Crippen LogP contribution >= 0.6 is 0 Å². The van der Waals surface area contributed by atoms with Gasteiger partial charge < -0.3 is 13.1 Å². The van der Waals surface area contributed by atoms with Crippen molar-refractivity contribution in [3.63, 3.8) is 0 Å². The topological polar surface area (TPSA) is 113 Å². The molecular weight excluding hydrogens is 498 g/mol. The zero-order valence-corrected chi connectivity index (χ0v) is 17.9. The molecule has 0 atom stereocenters. The molecule has 0 amide bonds. The first kappa shape index (κ1) is 27.3. The summed E-state index contributed by atoms with van der Waals surface area (Å²) >= 11 is 0. The number of fused-ring (bicyclic) bond motifs is 1. The highest BCUT2D eigenvalue weighted by Gasteiger charge is 2.49. The molecule has 0 heterocycles. The molecular formula is C16H14F6O8S2. The van der Waals surface area contributed by atoms with Gasteiger partial charge >= 0.3 is 37.2 Å². The van der Waals surface area contributed by atoms with Gasteiger partial charge in [0.25, 0.3) is 0 Å². The first-order chi connectivity index (χ1) is 14.5. The van der Waals surface area contributed by atoms with Crippen LogP contribution in [-0.2, 0) is 25.0 Å². The van der Waals surface area contributed by atoms with E-state index in [1.54, 1.807) is 0 Å². The lowest BCUT2D eigenvalue weighted by Crippen LogP contribution is -2.28. The Kier molecular flexibility index (Phi) is 8.01. The van der Waals surface area contributed by atoms with Crippen molar-refractivity contribution >= 4 is 37.0 Å². The number of alkyl halides is 6. The predicted molar refractivity (Wildman–Crippen MR) is 97.8 cm³/mol. The molecule has 0 N–H and O–H groups in total. The Morgan fingerprint density at radius 3 is 1.75 bits per heavy atom. The van der Waals surface area contributed by atoms with Gasteiger partial charge in [-0.05, 0) is 35.0 Å². The second-order valence-corrected chi connectivity index (χ2v) is 8.39. The van der Waals surface area contributed by atoms with Gasteiger partial charge in [0.2, 0.25) is 0 Å². The minimum Gasteiger partial charge on any atom is -0.465 e. The van der Waals surface area contributed by atoms with Gasteiger partial charge in [-0.25, -0.2) is 4.79 Å². The van der Waals surface area contributed by atoms with E-state index in [4.69, 9.17) is 0 Å². The van der Waals surface area contributed by atoms with E-state index in [0.717, 1.165) is 19.2 Å². The van der Waals surface area contributed by atoms with E-state index in [1.807, 2.05) is 13.8 Å². The predicted octanol–water partition coefficient (Wildman–Crippen LogP) is 4.11. The molecule has 0 aromatic heterocycles. The van der Waals surface area contributed by atoms with Gasteiger partial charge in [0, 0.05) is 0 Å². The molecule has 0 aliphatic rings. The highest BCUT2D eigenvalue weighted by atomic mass is 32.2. The lowest BCUT2D eigenvalue weighted by Gasteiger charge is -2.14. The number of esters is 1. The van der Waals surface area contributed by atoms with Crippen LogP contribution < -0.4 is 8.37 Å². The second-order valence-electron chi connectivity index (χ2n) is 5.32. The number of rotatable bonds is 5. The molecule has 0 aliphatic carbocycles. The van der Waals surface area contributed by atoms with E-state index >= 15 is 0 Å². The van der Waals surface area contributed by atoms with Gasteiger partial charge in [-0.1, -0.05) is 19.9 Å². The van der Waals surface area contributed by atoms with Crippen LogP contribution in [0.15, 0.2) is 30.3 Å². The van der Waals surface area contributed by atoms with Gasteiger partial charge in [0.05, 0.1) is 7.11 Å². The molecule has 0 spiro atoms. The van der Waals surface area contributed by atoms with Crippen molar-refractivity contribution in [2.75, 3.05) is 7.11 Å². The Morgan fingerprint density at radius 2 is 1.28 bits per heavy atom. The van der Waals surface area contributed by atoms with Crippen molar-refractivity contribution in [1.82, 2.24) is 0 Å². The van der Waals surface area contributed by atoms with Crippen molar-refractivity contribution in [3.8, 4) is 11.5 Å². The van der Waals surface area contributed by atoms with E-state index in [0.29, 0.717) is 18.2 Å². The van der Waals surface area contributed by atoms with E-state index in [9.17, 15) is 48.0 Å². The molecule has 0 radical (unpaired) electrons. The summed E-state index contributed by atoms with van der Waals surface area (Å²) < 4.78 is 132. The third-order valence-corrected chi connectivity index (χ3v) is 5.23.